The van der Waals surface area contributed by atoms with Crippen molar-refractivity contribution < 1.29 is 0 Å². The Morgan fingerprint density at radius 1 is 1.17 bits per heavy atom. The first-order chi connectivity index (χ1) is 8.45. The van der Waals surface area contributed by atoms with Crippen molar-refractivity contribution in [2.45, 2.75) is 45.4 Å². The Balaban J connectivity index is 2.51. The molecule has 18 heavy (non-hydrogen) atoms. The maximum atomic E-state index is 5.49. The van der Waals surface area contributed by atoms with E-state index in [-0.39, 0.29) is 5.41 Å². The number of aromatic nitrogens is 1. The smallest absolute Gasteiger partial charge is 0.128 e. The Morgan fingerprint density at radius 3 is 2.39 bits per heavy atom. The lowest BCUT2D eigenvalue weighted by atomic mass is 9.88. The summed E-state index contributed by atoms with van der Waals surface area (Å²) in [4.78, 5) is 6.76. The van der Waals surface area contributed by atoms with E-state index in [1.54, 1.807) is 0 Å². The predicted molar refractivity (Wildman–Crippen MR) is 79.1 cm³/mol. The molecule has 2 N–H and O–H groups in total. The molecule has 3 heteroatoms. The number of nitrogens with two attached hydrogens (primary N) is 1. The van der Waals surface area contributed by atoms with E-state index in [1.807, 2.05) is 6.20 Å². The maximum absolute atomic E-state index is 5.49. The van der Waals surface area contributed by atoms with Gasteiger partial charge in [-0.3, -0.25) is 0 Å². The zero-order valence-corrected chi connectivity index (χ0v) is 12.2. The van der Waals surface area contributed by atoms with Crippen molar-refractivity contribution in [3.63, 3.8) is 0 Å². The molecule has 0 fully saturated rings. The van der Waals surface area contributed by atoms with Gasteiger partial charge in [0.2, 0.25) is 0 Å². The van der Waals surface area contributed by atoms with Gasteiger partial charge in [-0.1, -0.05) is 33.3 Å². The summed E-state index contributed by atoms with van der Waals surface area (Å²) in [6.07, 6.45) is 5.48. The molecule has 1 rings (SSSR count). The number of rotatable bonds is 6. The number of hydrogen-bond acceptors (Lipinski definition) is 3. The highest BCUT2D eigenvalue weighted by atomic mass is 15.2. The molecule has 0 bridgehead atoms. The molecule has 102 valence electrons. The molecule has 3 nitrogen and oxygen atoms in total. The average Bonchev–Trinajstić information content (AvgIpc) is 2.33. The predicted octanol–water partition coefficient (Wildman–Crippen LogP) is 2.94. The van der Waals surface area contributed by atoms with Crippen molar-refractivity contribution in [1.82, 2.24) is 4.98 Å². The highest BCUT2D eigenvalue weighted by Gasteiger charge is 2.14. The van der Waals surface area contributed by atoms with Crippen LogP contribution in [0.1, 0.15) is 45.6 Å². The molecule has 0 unspecified atom stereocenters. The second-order valence-electron chi connectivity index (χ2n) is 5.93. The second kappa shape index (κ2) is 6.74. The van der Waals surface area contributed by atoms with E-state index in [9.17, 15) is 0 Å². The molecule has 0 spiro atoms. The van der Waals surface area contributed by atoms with Gasteiger partial charge in [0.25, 0.3) is 0 Å². The molecule has 0 aromatic carbocycles. The van der Waals surface area contributed by atoms with Crippen LogP contribution in [0.4, 0.5) is 5.82 Å². The van der Waals surface area contributed by atoms with Gasteiger partial charge < -0.3 is 10.6 Å². The molecule has 1 aromatic rings. The first-order valence-electron chi connectivity index (χ1n) is 6.83. The van der Waals surface area contributed by atoms with Gasteiger partial charge in [0.05, 0.1) is 0 Å². The van der Waals surface area contributed by atoms with E-state index in [1.165, 1.54) is 18.4 Å². The largest absolute Gasteiger partial charge is 0.360 e. The highest BCUT2D eigenvalue weighted by molar-refractivity contribution is 5.39. The lowest BCUT2D eigenvalue weighted by Crippen LogP contribution is -2.20. The molecule has 0 aliphatic heterocycles. The van der Waals surface area contributed by atoms with Crippen LogP contribution in [0, 0.1) is 0 Å². The zero-order chi connectivity index (χ0) is 13.6. The third-order valence-corrected chi connectivity index (χ3v) is 3.20. The topological polar surface area (TPSA) is 42.1 Å². The Kier molecular flexibility index (Phi) is 5.60. The van der Waals surface area contributed by atoms with Gasteiger partial charge in [-0.05, 0) is 36.4 Å². The van der Waals surface area contributed by atoms with Crippen LogP contribution < -0.4 is 10.6 Å². The van der Waals surface area contributed by atoms with Gasteiger partial charge >= 0.3 is 0 Å². The van der Waals surface area contributed by atoms with Crippen molar-refractivity contribution in [2.24, 2.45) is 5.73 Å². The molecule has 1 aromatic heterocycles. The summed E-state index contributed by atoms with van der Waals surface area (Å²) < 4.78 is 0. The number of nitrogens with zero attached hydrogens (tertiary/aromatic N) is 2. The van der Waals surface area contributed by atoms with Gasteiger partial charge in [-0.25, -0.2) is 4.98 Å². The Bertz CT molecular complexity index is 338. The van der Waals surface area contributed by atoms with Gasteiger partial charge in [-0.15, -0.1) is 0 Å². The quantitative estimate of drug-likeness (QED) is 0.788. The van der Waals surface area contributed by atoms with Gasteiger partial charge in [0.1, 0.15) is 5.82 Å². The monoisotopic (exact) mass is 249 g/mol. The molecule has 0 aliphatic carbocycles. The fourth-order valence-corrected chi connectivity index (χ4v) is 1.84. The summed E-state index contributed by atoms with van der Waals surface area (Å²) in [6, 6.07) is 4.29. The normalized spacial score (nSPS) is 11.6. The van der Waals surface area contributed by atoms with Crippen LogP contribution >= 0.6 is 0 Å². The summed E-state index contributed by atoms with van der Waals surface area (Å²) in [7, 11) is 2.10. The Hall–Kier alpha value is -1.09. The highest BCUT2D eigenvalue weighted by Crippen LogP contribution is 2.22. The van der Waals surface area contributed by atoms with Crippen LogP contribution in [0.3, 0.4) is 0 Å². The molecule has 1 heterocycles. The lowest BCUT2D eigenvalue weighted by Gasteiger charge is -2.21. The minimum atomic E-state index is 0.172. The van der Waals surface area contributed by atoms with Crippen LogP contribution in [0.2, 0.25) is 0 Å². The SMILES string of the molecule is CN(CCCCCN)c1ccc(C(C)(C)C)cn1. The van der Waals surface area contributed by atoms with E-state index in [4.69, 9.17) is 5.73 Å². The lowest BCUT2D eigenvalue weighted by molar-refractivity contribution is 0.587. The van der Waals surface area contributed by atoms with E-state index >= 15 is 0 Å². The summed E-state index contributed by atoms with van der Waals surface area (Å²) in [5, 5.41) is 0. The number of pyridine rings is 1. The van der Waals surface area contributed by atoms with Crippen LogP contribution in [0.5, 0.6) is 0 Å². The summed E-state index contributed by atoms with van der Waals surface area (Å²) >= 11 is 0. The fraction of sp³-hybridized carbons (Fsp3) is 0.667. The van der Waals surface area contributed by atoms with Crippen molar-refractivity contribution in [3.8, 4) is 0 Å². The number of anilines is 1. The van der Waals surface area contributed by atoms with E-state index in [2.05, 4.69) is 49.8 Å². The summed E-state index contributed by atoms with van der Waals surface area (Å²) in [5.41, 5.74) is 6.94. The minimum absolute atomic E-state index is 0.172. The van der Waals surface area contributed by atoms with Gasteiger partial charge in [0, 0.05) is 19.8 Å². The van der Waals surface area contributed by atoms with Crippen molar-refractivity contribution in [2.75, 3.05) is 25.0 Å². The third kappa shape index (κ3) is 4.65. The second-order valence-corrected chi connectivity index (χ2v) is 5.93. The Labute approximate surface area is 111 Å². The number of hydrogen-bond donors (Lipinski definition) is 1. The molecule has 0 amide bonds. The van der Waals surface area contributed by atoms with Crippen LogP contribution in [0.15, 0.2) is 18.3 Å². The third-order valence-electron chi connectivity index (χ3n) is 3.20. The first kappa shape index (κ1) is 15.0. The average molecular weight is 249 g/mol. The van der Waals surface area contributed by atoms with Crippen LogP contribution in [-0.4, -0.2) is 25.1 Å². The Morgan fingerprint density at radius 2 is 1.89 bits per heavy atom. The number of unbranched alkanes of at least 4 members (excludes halogenated alkanes) is 2. The van der Waals surface area contributed by atoms with E-state index in [0.29, 0.717) is 0 Å². The molecular weight excluding hydrogens is 222 g/mol. The van der Waals surface area contributed by atoms with Crippen molar-refractivity contribution >= 4 is 5.82 Å². The van der Waals surface area contributed by atoms with E-state index < -0.39 is 0 Å². The molecule has 0 saturated heterocycles. The zero-order valence-electron chi connectivity index (χ0n) is 12.2. The summed E-state index contributed by atoms with van der Waals surface area (Å²) in [5.74, 6) is 1.05. The van der Waals surface area contributed by atoms with Crippen LogP contribution in [0.25, 0.3) is 0 Å². The molecule has 0 aliphatic rings. The fourth-order valence-electron chi connectivity index (χ4n) is 1.84. The van der Waals surface area contributed by atoms with Crippen LogP contribution in [-0.2, 0) is 5.41 Å². The standard InChI is InChI=1S/C15H27N3/c1-15(2,3)13-8-9-14(17-12-13)18(4)11-7-5-6-10-16/h8-9,12H,5-7,10-11,16H2,1-4H3. The first-order valence-corrected chi connectivity index (χ1v) is 6.83. The molecular formula is C15H27N3. The summed E-state index contributed by atoms with van der Waals surface area (Å²) in [6.45, 7) is 8.46. The van der Waals surface area contributed by atoms with Crippen molar-refractivity contribution in [3.05, 3.63) is 23.9 Å². The van der Waals surface area contributed by atoms with Gasteiger partial charge in [0.15, 0.2) is 0 Å². The van der Waals surface area contributed by atoms with Gasteiger partial charge in [-0.2, -0.15) is 0 Å². The molecule has 0 atom stereocenters. The van der Waals surface area contributed by atoms with E-state index in [0.717, 1.165) is 25.3 Å². The van der Waals surface area contributed by atoms with Crippen molar-refractivity contribution in [1.29, 1.82) is 0 Å². The maximum Gasteiger partial charge on any atom is 0.128 e. The molecule has 0 saturated carbocycles. The minimum Gasteiger partial charge on any atom is -0.360 e. The molecule has 0 radical (unpaired) electrons.